The molecule has 1 amide bonds. The molecule has 0 bridgehead atoms. The molecule has 1 aliphatic rings. The largest absolute Gasteiger partial charge is 0.357 e. The number of nitrogens with zero attached hydrogens (tertiary/aromatic N) is 1. The molecule has 19 heavy (non-hydrogen) atoms. The van der Waals surface area contributed by atoms with Crippen molar-refractivity contribution in [1.29, 1.82) is 0 Å². The van der Waals surface area contributed by atoms with Crippen LogP contribution in [0.25, 0.3) is 0 Å². The molecule has 106 valence electrons. The molecule has 0 saturated carbocycles. The van der Waals surface area contributed by atoms with Crippen molar-refractivity contribution >= 4 is 5.91 Å². The number of aryl methyl sites for hydroxylation is 1. The number of piperidine rings is 1. The van der Waals surface area contributed by atoms with Crippen LogP contribution in [-0.2, 0) is 18.4 Å². The second-order valence-electron chi connectivity index (χ2n) is 5.65. The summed E-state index contributed by atoms with van der Waals surface area (Å²) >= 11 is 0. The lowest BCUT2D eigenvalue weighted by atomic mass is 9.74. The molecule has 0 atom stereocenters. The molecule has 0 radical (unpaired) electrons. The first kappa shape index (κ1) is 14.1. The highest BCUT2D eigenvalue weighted by Gasteiger charge is 2.38. The van der Waals surface area contributed by atoms with E-state index in [2.05, 4.69) is 29.8 Å². The first-order valence-electron chi connectivity index (χ1n) is 7.26. The van der Waals surface area contributed by atoms with Crippen LogP contribution in [0.5, 0.6) is 0 Å². The van der Waals surface area contributed by atoms with Gasteiger partial charge in [0, 0.05) is 26.0 Å². The summed E-state index contributed by atoms with van der Waals surface area (Å²) in [4.78, 5) is 12.5. The number of carbonyl (C=O) groups excluding carboxylic acids is 1. The number of aromatic nitrogens is 1. The maximum absolute atomic E-state index is 12.5. The molecule has 0 spiro atoms. The Morgan fingerprint density at radius 2 is 2.21 bits per heavy atom. The van der Waals surface area contributed by atoms with Gasteiger partial charge in [0.1, 0.15) is 0 Å². The molecule has 2 rings (SSSR count). The third-order valence-corrected chi connectivity index (χ3v) is 4.12. The predicted molar refractivity (Wildman–Crippen MR) is 76.7 cm³/mol. The van der Waals surface area contributed by atoms with E-state index in [0.717, 1.165) is 44.3 Å². The van der Waals surface area contributed by atoms with Crippen LogP contribution in [-0.4, -0.2) is 23.6 Å². The van der Waals surface area contributed by atoms with Gasteiger partial charge >= 0.3 is 0 Å². The van der Waals surface area contributed by atoms with Crippen molar-refractivity contribution < 1.29 is 4.79 Å². The smallest absolute Gasteiger partial charge is 0.226 e. The van der Waals surface area contributed by atoms with E-state index in [1.165, 1.54) is 0 Å². The Morgan fingerprint density at radius 3 is 2.79 bits per heavy atom. The van der Waals surface area contributed by atoms with E-state index in [1.807, 2.05) is 17.8 Å². The average Bonchev–Trinajstić information content (AvgIpc) is 2.83. The molecule has 0 aliphatic carbocycles. The fourth-order valence-corrected chi connectivity index (χ4v) is 3.01. The Balaban J connectivity index is 1.95. The van der Waals surface area contributed by atoms with E-state index in [4.69, 9.17) is 0 Å². The van der Waals surface area contributed by atoms with Gasteiger partial charge in [-0.25, -0.2) is 0 Å². The molecule has 1 fully saturated rings. The predicted octanol–water partition coefficient (Wildman–Crippen LogP) is 1.81. The fourth-order valence-electron chi connectivity index (χ4n) is 3.01. The fraction of sp³-hybridized carbons (Fsp3) is 0.667. The minimum atomic E-state index is -0.144. The van der Waals surface area contributed by atoms with Crippen LogP contribution in [0.2, 0.25) is 0 Å². The number of hydrogen-bond donors (Lipinski definition) is 2. The molecule has 4 nitrogen and oxygen atoms in total. The van der Waals surface area contributed by atoms with Gasteiger partial charge in [-0.1, -0.05) is 13.3 Å². The van der Waals surface area contributed by atoms with E-state index in [0.29, 0.717) is 6.54 Å². The normalized spacial score (nSPS) is 18.2. The van der Waals surface area contributed by atoms with Gasteiger partial charge in [-0.15, -0.1) is 0 Å². The third-order valence-electron chi connectivity index (χ3n) is 4.12. The van der Waals surface area contributed by atoms with E-state index in [-0.39, 0.29) is 11.3 Å². The minimum absolute atomic E-state index is 0.144. The number of carbonyl (C=O) groups is 1. The van der Waals surface area contributed by atoms with Gasteiger partial charge in [-0.3, -0.25) is 4.79 Å². The third kappa shape index (κ3) is 3.38. The van der Waals surface area contributed by atoms with Crippen LogP contribution in [0.15, 0.2) is 18.5 Å². The lowest BCUT2D eigenvalue weighted by Crippen LogP contribution is -2.47. The first-order chi connectivity index (χ1) is 9.16. The van der Waals surface area contributed by atoms with Crippen molar-refractivity contribution in [1.82, 2.24) is 15.2 Å². The summed E-state index contributed by atoms with van der Waals surface area (Å²) in [6.07, 6.45) is 8.04. The summed E-state index contributed by atoms with van der Waals surface area (Å²) in [6.45, 7) is 4.71. The number of nitrogens with one attached hydrogen (secondary N) is 2. The second-order valence-corrected chi connectivity index (χ2v) is 5.65. The van der Waals surface area contributed by atoms with Crippen molar-refractivity contribution in [3.63, 3.8) is 0 Å². The molecule has 0 aromatic carbocycles. The average molecular weight is 263 g/mol. The molecule has 2 N–H and O–H groups in total. The summed E-state index contributed by atoms with van der Waals surface area (Å²) < 4.78 is 2.01. The Labute approximate surface area is 115 Å². The van der Waals surface area contributed by atoms with Gasteiger partial charge in [0.2, 0.25) is 5.91 Å². The summed E-state index contributed by atoms with van der Waals surface area (Å²) in [5.74, 6) is 0.236. The maximum atomic E-state index is 12.5. The molecule has 1 saturated heterocycles. The SMILES string of the molecule is CCCC1(C(=O)NCc2ccn(C)c2)CCNCC1. The van der Waals surface area contributed by atoms with Crippen molar-refractivity contribution in [2.75, 3.05) is 13.1 Å². The van der Waals surface area contributed by atoms with Gasteiger partial charge in [-0.05, 0) is 44.0 Å². The van der Waals surface area contributed by atoms with E-state index in [9.17, 15) is 4.79 Å². The van der Waals surface area contributed by atoms with Crippen molar-refractivity contribution in [2.24, 2.45) is 12.5 Å². The number of amides is 1. The number of rotatable bonds is 5. The van der Waals surface area contributed by atoms with Crippen LogP contribution >= 0.6 is 0 Å². The highest BCUT2D eigenvalue weighted by Crippen LogP contribution is 2.34. The van der Waals surface area contributed by atoms with Gasteiger partial charge in [0.25, 0.3) is 0 Å². The summed E-state index contributed by atoms with van der Waals surface area (Å²) in [5, 5.41) is 6.47. The van der Waals surface area contributed by atoms with E-state index in [1.54, 1.807) is 0 Å². The molecule has 2 heterocycles. The molecular weight excluding hydrogens is 238 g/mol. The van der Waals surface area contributed by atoms with Crippen molar-refractivity contribution in [3.05, 3.63) is 24.0 Å². The summed E-state index contributed by atoms with van der Waals surface area (Å²) in [6, 6.07) is 2.05. The first-order valence-corrected chi connectivity index (χ1v) is 7.26. The van der Waals surface area contributed by atoms with E-state index < -0.39 is 0 Å². The quantitative estimate of drug-likeness (QED) is 0.851. The molecule has 1 aliphatic heterocycles. The zero-order valence-electron chi connectivity index (χ0n) is 12.0. The maximum Gasteiger partial charge on any atom is 0.226 e. The highest BCUT2D eigenvalue weighted by molar-refractivity contribution is 5.82. The molecule has 1 aromatic rings. The standard InChI is InChI=1S/C15H25N3O/c1-3-5-15(6-8-16-9-7-15)14(19)17-11-13-4-10-18(2)12-13/h4,10,12,16H,3,5-9,11H2,1-2H3,(H,17,19). The van der Waals surface area contributed by atoms with E-state index >= 15 is 0 Å². The van der Waals surface area contributed by atoms with Crippen molar-refractivity contribution in [2.45, 2.75) is 39.2 Å². The lowest BCUT2D eigenvalue weighted by Gasteiger charge is -2.36. The van der Waals surface area contributed by atoms with Crippen molar-refractivity contribution in [3.8, 4) is 0 Å². The Bertz CT molecular complexity index is 413. The van der Waals surface area contributed by atoms with Gasteiger partial charge in [0.15, 0.2) is 0 Å². The molecular formula is C15H25N3O. The zero-order chi connectivity index (χ0) is 13.7. The van der Waals surface area contributed by atoms with Crippen LogP contribution in [0.3, 0.4) is 0 Å². The minimum Gasteiger partial charge on any atom is -0.357 e. The lowest BCUT2D eigenvalue weighted by molar-refractivity contribution is -0.133. The zero-order valence-corrected chi connectivity index (χ0v) is 12.0. The molecule has 1 aromatic heterocycles. The second kappa shape index (κ2) is 6.24. The Kier molecular flexibility index (Phi) is 4.64. The van der Waals surface area contributed by atoms with Gasteiger partial charge in [-0.2, -0.15) is 0 Å². The summed E-state index contributed by atoms with van der Waals surface area (Å²) in [7, 11) is 2.00. The van der Waals surface area contributed by atoms with Crippen LogP contribution in [0.1, 0.15) is 38.2 Å². The monoisotopic (exact) mass is 263 g/mol. The molecule has 0 unspecified atom stereocenters. The Morgan fingerprint density at radius 1 is 1.47 bits per heavy atom. The van der Waals surface area contributed by atoms with Crippen LogP contribution in [0, 0.1) is 5.41 Å². The topological polar surface area (TPSA) is 46.1 Å². The van der Waals surface area contributed by atoms with Gasteiger partial charge < -0.3 is 15.2 Å². The highest BCUT2D eigenvalue weighted by atomic mass is 16.2. The number of hydrogen-bond acceptors (Lipinski definition) is 2. The van der Waals surface area contributed by atoms with Crippen LogP contribution in [0.4, 0.5) is 0 Å². The van der Waals surface area contributed by atoms with Crippen LogP contribution < -0.4 is 10.6 Å². The summed E-state index contributed by atoms with van der Waals surface area (Å²) in [5.41, 5.74) is 1.02. The Hall–Kier alpha value is -1.29. The van der Waals surface area contributed by atoms with Gasteiger partial charge in [0.05, 0.1) is 5.41 Å². The molecule has 4 heteroatoms.